The highest BCUT2D eigenvalue weighted by molar-refractivity contribution is 8.00. The Morgan fingerprint density at radius 3 is 2.54 bits per heavy atom. The van der Waals surface area contributed by atoms with Crippen LogP contribution in [0.4, 0.5) is 0 Å². The van der Waals surface area contributed by atoms with Crippen molar-refractivity contribution in [1.29, 1.82) is 0 Å². The SMILES string of the molecule is CC(C)Sc1cc(-c2c(Cl)cc(Cl)cc2Cl)cc2c1OC1CCNCC21. The lowest BCUT2D eigenvalue weighted by molar-refractivity contribution is 0.169. The first-order chi connectivity index (χ1) is 12.4. The van der Waals surface area contributed by atoms with Gasteiger partial charge in [-0.1, -0.05) is 48.7 Å². The van der Waals surface area contributed by atoms with Crippen LogP contribution < -0.4 is 10.1 Å². The molecule has 0 radical (unpaired) electrons. The molecule has 2 heterocycles. The Hall–Kier alpha value is -0.580. The van der Waals surface area contributed by atoms with Gasteiger partial charge in [-0.2, -0.15) is 0 Å². The highest BCUT2D eigenvalue weighted by Gasteiger charge is 2.38. The third kappa shape index (κ3) is 3.45. The second kappa shape index (κ2) is 7.44. The zero-order valence-corrected chi connectivity index (χ0v) is 17.7. The van der Waals surface area contributed by atoms with E-state index in [-0.39, 0.29) is 6.10 Å². The first-order valence-electron chi connectivity index (χ1n) is 8.81. The van der Waals surface area contributed by atoms with Gasteiger partial charge in [0.05, 0.1) is 14.9 Å². The minimum atomic E-state index is 0.254. The molecule has 1 saturated heterocycles. The van der Waals surface area contributed by atoms with E-state index in [4.69, 9.17) is 39.5 Å². The smallest absolute Gasteiger partial charge is 0.137 e. The largest absolute Gasteiger partial charge is 0.488 e. The van der Waals surface area contributed by atoms with Gasteiger partial charge in [-0.05, 0) is 42.8 Å². The van der Waals surface area contributed by atoms with E-state index < -0.39 is 0 Å². The van der Waals surface area contributed by atoms with Gasteiger partial charge < -0.3 is 10.1 Å². The fourth-order valence-electron chi connectivity index (χ4n) is 3.77. The Kier molecular flexibility index (Phi) is 5.37. The van der Waals surface area contributed by atoms with Crippen LogP contribution >= 0.6 is 46.6 Å². The average Bonchev–Trinajstić information content (AvgIpc) is 2.93. The Balaban J connectivity index is 1.88. The lowest BCUT2D eigenvalue weighted by atomic mass is 9.89. The molecule has 138 valence electrons. The van der Waals surface area contributed by atoms with Crippen LogP contribution in [0.2, 0.25) is 15.1 Å². The van der Waals surface area contributed by atoms with Crippen molar-refractivity contribution in [3.8, 4) is 16.9 Å². The number of rotatable bonds is 3. The lowest BCUT2D eigenvalue weighted by Crippen LogP contribution is -2.37. The number of fused-ring (bicyclic) bond motifs is 3. The molecular formula is C20H20Cl3NOS. The molecule has 1 fully saturated rings. The van der Waals surface area contributed by atoms with E-state index in [9.17, 15) is 0 Å². The fourth-order valence-corrected chi connectivity index (χ4v) is 5.78. The molecule has 1 N–H and O–H groups in total. The van der Waals surface area contributed by atoms with Gasteiger partial charge in [0.15, 0.2) is 0 Å². The van der Waals surface area contributed by atoms with E-state index >= 15 is 0 Å². The highest BCUT2D eigenvalue weighted by atomic mass is 35.5. The predicted octanol–water partition coefficient (Wildman–Crippen LogP) is 6.65. The first-order valence-corrected chi connectivity index (χ1v) is 10.8. The van der Waals surface area contributed by atoms with Crippen LogP contribution in [0.1, 0.15) is 31.7 Å². The third-order valence-electron chi connectivity index (χ3n) is 4.83. The summed E-state index contributed by atoms with van der Waals surface area (Å²) in [6.45, 7) is 6.32. The standard InChI is InChI=1S/C20H20Cl3NOS/c1-10(2)26-18-6-11(19-15(22)7-12(21)8-16(19)23)5-13-14-9-24-4-3-17(14)25-20(13)18/h5-8,10,14,17,24H,3-4,9H2,1-2H3. The predicted molar refractivity (Wildman–Crippen MR) is 113 cm³/mol. The van der Waals surface area contributed by atoms with Crippen molar-refractivity contribution in [2.75, 3.05) is 13.1 Å². The van der Waals surface area contributed by atoms with E-state index in [1.54, 1.807) is 12.1 Å². The number of piperidine rings is 1. The summed E-state index contributed by atoms with van der Waals surface area (Å²) >= 11 is 20.9. The van der Waals surface area contributed by atoms with Crippen LogP contribution in [0.15, 0.2) is 29.2 Å². The second-order valence-corrected chi connectivity index (χ2v) is 9.93. The summed E-state index contributed by atoms with van der Waals surface area (Å²) in [6.07, 6.45) is 1.28. The maximum Gasteiger partial charge on any atom is 0.137 e. The van der Waals surface area contributed by atoms with Crippen LogP contribution in [0, 0.1) is 0 Å². The minimum absolute atomic E-state index is 0.254. The maximum atomic E-state index is 6.50. The Morgan fingerprint density at radius 2 is 1.85 bits per heavy atom. The Labute approximate surface area is 173 Å². The molecule has 0 aliphatic carbocycles. The van der Waals surface area contributed by atoms with Crippen LogP contribution in [0.3, 0.4) is 0 Å². The molecule has 0 amide bonds. The quantitative estimate of drug-likeness (QED) is 0.553. The minimum Gasteiger partial charge on any atom is -0.488 e. The van der Waals surface area contributed by atoms with Crippen molar-refractivity contribution in [3.63, 3.8) is 0 Å². The summed E-state index contributed by atoms with van der Waals surface area (Å²) in [4.78, 5) is 1.16. The van der Waals surface area contributed by atoms with Gasteiger partial charge in [0.2, 0.25) is 0 Å². The molecule has 0 bridgehead atoms. The molecule has 0 saturated carbocycles. The van der Waals surface area contributed by atoms with Crippen molar-refractivity contribution < 1.29 is 4.74 Å². The van der Waals surface area contributed by atoms with Gasteiger partial charge in [0, 0.05) is 33.9 Å². The van der Waals surface area contributed by atoms with Gasteiger partial charge in [-0.3, -0.25) is 0 Å². The van der Waals surface area contributed by atoms with Crippen molar-refractivity contribution in [3.05, 3.63) is 44.9 Å². The molecule has 2 aromatic rings. The van der Waals surface area contributed by atoms with Crippen molar-refractivity contribution in [2.24, 2.45) is 0 Å². The first kappa shape index (κ1) is 18.8. The number of benzene rings is 2. The average molecular weight is 429 g/mol. The number of hydrogen-bond donors (Lipinski definition) is 1. The number of nitrogens with one attached hydrogen (secondary N) is 1. The molecular weight excluding hydrogens is 409 g/mol. The molecule has 26 heavy (non-hydrogen) atoms. The van der Waals surface area contributed by atoms with Gasteiger partial charge in [-0.15, -0.1) is 11.8 Å². The van der Waals surface area contributed by atoms with Gasteiger partial charge in [0.1, 0.15) is 11.9 Å². The summed E-state index contributed by atoms with van der Waals surface area (Å²) in [6, 6.07) is 7.83. The molecule has 2 aromatic carbocycles. The molecule has 2 atom stereocenters. The van der Waals surface area contributed by atoms with E-state index in [0.717, 1.165) is 41.3 Å². The summed E-state index contributed by atoms with van der Waals surface area (Å²) in [5, 5.41) is 5.63. The van der Waals surface area contributed by atoms with E-state index in [2.05, 4.69) is 31.3 Å². The van der Waals surface area contributed by atoms with E-state index in [1.165, 1.54) is 5.56 Å². The number of hydrogen-bond acceptors (Lipinski definition) is 3. The fraction of sp³-hybridized carbons (Fsp3) is 0.400. The zero-order chi connectivity index (χ0) is 18.4. The monoisotopic (exact) mass is 427 g/mol. The van der Waals surface area contributed by atoms with Crippen LogP contribution in [-0.4, -0.2) is 24.4 Å². The molecule has 2 unspecified atom stereocenters. The van der Waals surface area contributed by atoms with Crippen molar-refractivity contribution >= 4 is 46.6 Å². The molecule has 0 spiro atoms. The molecule has 2 aliphatic heterocycles. The topological polar surface area (TPSA) is 21.3 Å². The van der Waals surface area contributed by atoms with Gasteiger partial charge >= 0.3 is 0 Å². The van der Waals surface area contributed by atoms with Crippen LogP contribution in [0.5, 0.6) is 5.75 Å². The number of thioether (sulfide) groups is 1. The van der Waals surface area contributed by atoms with E-state index in [0.29, 0.717) is 26.2 Å². The molecule has 0 aromatic heterocycles. The lowest BCUT2D eigenvalue weighted by Gasteiger charge is -2.25. The van der Waals surface area contributed by atoms with Crippen LogP contribution in [-0.2, 0) is 0 Å². The highest BCUT2D eigenvalue weighted by Crippen LogP contribution is 2.50. The summed E-state index contributed by atoms with van der Waals surface area (Å²) in [5.74, 6) is 1.41. The second-order valence-electron chi connectivity index (χ2n) is 7.06. The zero-order valence-electron chi connectivity index (χ0n) is 14.6. The summed E-state index contributed by atoms with van der Waals surface area (Å²) < 4.78 is 6.37. The normalized spacial score (nSPS) is 21.5. The maximum absolute atomic E-state index is 6.50. The number of ether oxygens (including phenoxy) is 1. The number of halogens is 3. The van der Waals surface area contributed by atoms with Gasteiger partial charge in [-0.25, -0.2) is 0 Å². The van der Waals surface area contributed by atoms with Gasteiger partial charge in [0.25, 0.3) is 0 Å². The van der Waals surface area contributed by atoms with E-state index in [1.807, 2.05) is 11.8 Å². The Bertz CT molecular complexity index is 832. The molecule has 2 nitrogen and oxygen atoms in total. The Morgan fingerprint density at radius 1 is 1.12 bits per heavy atom. The molecule has 2 aliphatic rings. The molecule has 6 heteroatoms. The molecule has 4 rings (SSSR count). The van der Waals surface area contributed by atoms with Crippen LogP contribution in [0.25, 0.3) is 11.1 Å². The third-order valence-corrected chi connectivity index (χ3v) is 6.67. The summed E-state index contributed by atoms with van der Waals surface area (Å²) in [5.41, 5.74) is 3.11. The van der Waals surface area contributed by atoms with Crippen molar-refractivity contribution in [2.45, 2.75) is 42.4 Å². The van der Waals surface area contributed by atoms with Crippen molar-refractivity contribution in [1.82, 2.24) is 5.32 Å². The summed E-state index contributed by atoms with van der Waals surface area (Å²) in [7, 11) is 0.